The number of carbonyl (C=O) groups is 1. The summed E-state index contributed by atoms with van der Waals surface area (Å²) < 4.78 is 79.8. The molecule has 0 radical (unpaired) electrons. The summed E-state index contributed by atoms with van der Waals surface area (Å²) in [4.78, 5) is 18.7. The summed E-state index contributed by atoms with van der Waals surface area (Å²) in [6, 6.07) is 9.36. The second-order valence-corrected chi connectivity index (χ2v) is 8.54. The molecule has 2 aromatic rings. The maximum Gasteiger partial charge on any atom is 0.416 e. The van der Waals surface area contributed by atoms with Crippen LogP contribution in [0, 0.1) is 17.2 Å². The van der Waals surface area contributed by atoms with Gasteiger partial charge in [0.1, 0.15) is 0 Å². The first-order valence-corrected chi connectivity index (χ1v) is 10.8. The van der Waals surface area contributed by atoms with Gasteiger partial charge in [-0.25, -0.2) is 0 Å². The number of allylic oxidation sites excluding steroid dienone is 4. The Hall–Kier alpha value is -3.61. The summed E-state index contributed by atoms with van der Waals surface area (Å²) in [7, 11) is 0. The molecule has 4 rings (SSSR count). The van der Waals surface area contributed by atoms with Crippen molar-refractivity contribution >= 4 is 11.5 Å². The minimum atomic E-state index is -4.97. The SMILES string of the molecule is N#Cc1cc(C(=O)N2CCC(c3cccnc3)C2)ccc1C1=CC(C(F)(F)F)=CC(C(F)(F)F)C1. The van der Waals surface area contributed by atoms with Crippen LogP contribution in [0.1, 0.15) is 45.8 Å². The van der Waals surface area contributed by atoms with Gasteiger partial charge in [-0.3, -0.25) is 9.78 Å². The van der Waals surface area contributed by atoms with Gasteiger partial charge in [0.15, 0.2) is 0 Å². The fraction of sp³-hybridized carbons (Fsp3) is 0.320. The second kappa shape index (κ2) is 9.21. The molecule has 1 aromatic carbocycles. The number of amides is 1. The van der Waals surface area contributed by atoms with Gasteiger partial charge >= 0.3 is 12.4 Å². The molecule has 0 saturated carbocycles. The van der Waals surface area contributed by atoms with Crippen molar-refractivity contribution in [2.75, 3.05) is 13.1 Å². The highest BCUT2D eigenvalue weighted by molar-refractivity contribution is 5.95. The van der Waals surface area contributed by atoms with Crippen LogP contribution >= 0.6 is 0 Å². The molecule has 0 spiro atoms. The van der Waals surface area contributed by atoms with Crippen molar-refractivity contribution in [2.24, 2.45) is 5.92 Å². The first-order valence-electron chi connectivity index (χ1n) is 10.8. The van der Waals surface area contributed by atoms with Crippen molar-refractivity contribution in [3.8, 4) is 6.07 Å². The number of nitrogens with zero attached hydrogens (tertiary/aromatic N) is 3. The van der Waals surface area contributed by atoms with Gasteiger partial charge in [0.2, 0.25) is 0 Å². The molecule has 10 heteroatoms. The van der Waals surface area contributed by atoms with E-state index in [9.17, 15) is 36.4 Å². The number of nitriles is 1. The zero-order chi connectivity index (χ0) is 25.4. The van der Waals surface area contributed by atoms with Crippen LogP contribution in [0.2, 0.25) is 0 Å². The summed E-state index contributed by atoms with van der Waals surface area (Å²) in [6.07, 6.45) is -5.67. The Labute approximate surface area is 197 Å². The molecule has 1 fully saturated rings. The van der Waals surface area contributed by atoms with E-state index >= 15 is 0 Å². The second-order valence-electron chi connectivity index (χ2n) is 8.54. The smallest absolute Gasteiger partial charge is 0.338 e. The van der Waals surface area contributed by atoms with E-state index in [1.54, 1.807) is 23.4 Å². The molecule has 35 heavy (non-hydrogen) atoms. The highest BCUT2D eigenvalue weighted by Crippen LogP contribution is 2.43. The lowest BCUT2D eigenvalue weighted by molar-refractivity contribution is -0.161. The number of benzene rings is 1. The molecule has 0 N–H and O–H groups in total. The molecule has 0 bridgehead atoms. The molecule has 1 saturated heterocycles. The summed E-state index contributed by atoms with van der Waals surface area (Å²) >= 11 is 0. The standard InChI is InChI=1S/C25H19F6N3O/c26-24(27,28)20-9-18(10-21(11-20)25(29,30)31)22-4-3-15(8-19(22)12-32)23(35)34-7-5-17(14-34)16-2-1-6-33-13-16/h1-4,6,8-9,11,13,17,21H,5,7,10,14H2. The molecule has 1 amide bonds. The van der Waals surface area contributed by atoms with E-state index < -0.39 is 30.3 Å². The Balaban J connectivity index is 1.60. The zero-order valence-electron chi connectivity index (χ0n) is 18.2. The highest BCUT2D eigenvalue weighted by Gasteiger charge is 2.44. The largest absolute Gasteiger partial charge is 0.416 e. The first kappa shape index (κ1) is 24.5. The normalized spacial score (nSPS) is 20.8. The van der Waals surface area contributed by atoms with Crippen molar-refractivity contribution in [1.29, 1.82) is 5.26 Å². The number of hydrogen-bond donors (Lipinski definition) is 0. The van der Waals surface area contributed by atoms with Crippen LogP contribution in [-0.4, -0.2) is 41.2 Å². The predicted octanol–water partition coefficient (Wildman–Crippen LogP) is 6.04. The van der Waals surface area contributed by atoms with Gasteiger partial charge in [-0.05, 0) is 53.8 Å². The first-order chi connectivity index (χ1) is 16.5. The van der Waals surface area contributed by atoms with Crippen LogP contribution in [0.15, 0.2) is 60.5 Å². The lowest BCUT2D eigenvalue weighted by atomic mass is 9.84. The van der Waals surface area contributed by atoms with E-state index in [2.05, 4.69) is 4.98 Å². The molecule has 1 aliphatic carbocycles. The lowest BCUT2D eigenvalue weighted by Gasteiger charge is -2.25. The van der Waals surface area contributed by atoms with Gasteiger partial charge < -0.3 is 4.90 Å². The Bertz CT molecular complexity index is 1220. The van der Waals surface area contributed by atoms with Gasteiger partial charge in [-0.2, -0.15) is 31.6 Å². The summed E-state index contributed by atoms with van der Waals surface area (Å²) in [5.74, 6) is -2.59. The van der Waals surface area contributed by atoms with E-state index in [-0.39, 0.29) is 40.2 Å². The third-order valence-corrected chi connectivity index (χ3v) is 6.26. The number of aromatic nitrogens is 1. The van der Waals surface area contributed by atoms with Crippen LogP contribution in [-0.2, 0) is 0 Å². The van der Waals surface area contributed by atoms with Crippen LogP contribution in [0.25, 0.3) is 5.57 Å². The molecular weight excluding hydrogens is 472 g/mol. The Kier molecular flexibility index (Phi) is 6.45. The van der Waals surface area contributed by atoms with Gasteiger partial charge in [0.05, 0.1) is 23.1 Å². The number of rotatable bonds is 3. The average Bonchev–Trinajstić information content (AvgIpc) is 3.33. The monoisotopic (exact) mass is 491 g/mol. The highest BCUT2D eigenvalue weighted by atomic mass is 19.4. The van der Waals surface area contributed by atoms with Crippen LogP contribution in [0.4, 0.5) is 26.3 Å². The van der Waals surface area contributed by atoms with Gasteiger partial charge in [-0.15, -0.1) is 0 Å². The van der Waals surface area contributed by atoms with Crippen LogP contribution < -0.4 is 0 Å². The molecule has 1 aromatic heterocycles. The number of halogens is 6. The number of likely N-dealkylation sites (tertiary alicyclic amines) is 1. The zero-order valence-corrected chi connectivity index (χ0v) is 18.2. The molecular formula is C25H19F6N3O. The quantitative estimate of drug-likeness (QED) is 0.492. The molecule has 182 valence electrons. The lowest BCUT2D eigenvalue weighted by Crippen LogP contribution is -2.28. The van der Waals surface area contributed by atoms with E-state index in [1.165, 1.54) is 18.2 Å². The topological polar surface area (TPSA) is 57.0 Å². The average molecular weight is 491 g/mol. The number of carbonyl (C=O) groups excluding carboxylic acids is 1. The Morgan fingerprint density at radius 3 is 2.54 bits per heavy atom. The van der Waals surface area contributed by atoms with Gasteiger partial charge in [0.25, 0.3) is 5.91 Å². The fourth-order valence-corrected chi connectivity index (χ4v) is 4.45. The van der Waals surface area contributed by atoms with E-state index in [0.717, 1.165) is 12.0 Å². The number of pyridine rings is 1. The molecule has 2 heterocycles. The molecule has 4 nitrogen and oxygen atoms in total. The third-order valence-electron chi connectivity index (χ3n) is 6.26. The van der Waals surface area contributed by atoms with Gasteiger partial charge in [0, 0.05) is 37.0 Å². The van der Waals surface area contributed by atoms with Crippen molar-refractivity contribution in [3.63, 3.8) is 0 Å². The fourth-order valence-electron chi connectivity index (χ4n) is 4.45. The maximum atomic E-state index is 13.3. The molecule has 2 unspecified atom stereocenters. The minimum absolute atomic E-state index is 0.0530. The van der Waals surface area contributed by atoms with Crippen molar-refractivity contribution in [1.82, 2.24) is 9.88 Å². The van der Waals surface area contributed by atoms with Gasteiger partial charge in [-0.1, -0.05) is 18.2 Å². The predicted molar refractivity (Wildman–Crippen MR) is 115 cm³/mol. The molecule has 2 aliphatic rings. The van der Waals surface area contributed by atoms with Crippen molar-refractivity contribution in [3.05, 3.63) is 82.7 Å². The van der Waals surface area contributed by atoms with E-state index in [1.807, 2.05) is 12.1 Å². The summed E-state index contributed by atoms with van der Waals surface area (Å²) in [5, 5.41) is 9.59. The third kappa shape index (κ3) is 5.24. The van der Waals surface area contributed by atoms with E-state index in [4.69, 9.17) is 0 Å². The number of alkyl halides is 6. The Morgan fingerprint density at radius 1 is 1.14 bits per heavy atom. The van der Waals surface area contributed by atoms with Crippen molar-refractivity contribution in [2.45, 2.75) is 31.1 Å². The summed E-state index contributed by atoms with van der Waals surface area (Å²) in [5.41, 5.74) is -0.739. The molecule has 1 aliphatic heterocycles. The summed E-state index contributed by atoms with van der Waals surface area (Å²) in [6.45, 7) is 0.909. The van der Waals surface area contributed by atoms with Crippen LogP contribution in [0.3, 0.4) is 0 Å². The van der Waals surface area contributed by atoms with Crippen molar-refractivity contribution < 1.29 is 31.1 Å². The maximum absolute atomic E-state index is 13.3. The Morgan fingerprint density at radius 2 is 1.91 bits per heavy atom. The minimum Gasteiger partial charge on any atom is -0.338 e. The van der Waals surface area contributed by atoms with E-state index in [0.29, 0.717) is 19.2 Å². The van der Waals surface area contributed by atoms with Crippen LogP contribution in [0.5, 0.6) is 0 Å². The number of hydrogen-bond acceptors (Lipinski definition) is 3. The molecule has 2 atom stereocenters.